The average molecular weight is 300 g/mol. The first-order valence-corrected chi connectivity index (χ1v) is 7.10. The molecule has 1 aromatic carbocycles. The Hall–Kier alpha value is -1.56. The van der Waals surface area contributed by atoms with E-state index in [1.807, 2.05) is 6.92 Å². The standard InChI is InChI=1S/C15H19F3N2O/c1-2-19-13(10-20-8-4-7-14(20)21)11-5-3-6-12(9-11)15(16,17)18/h3,5-6,9,13,19H,2,4,7-8,10H2,1H3. The molecule has 0 radical (unpaired) electrons. The van der Waals surface area contributed by atoms with E-state index in [9.17, 15) is 18.0 Å². The van der Waals surface area contributed by atoms with Crippen LogP contribution in [0.15, 0.2) is 24.3 Å². The van der Waals surface area contributed by atoms with Crippen molar-refractivity contribution in [3.8, 4) is 0 Å². The van der Waals surface area contributed by atoms with Crippen LogP contribution in [-0.4, -0.2) is 30.4 Å². The topological polar surface area (TPSA) is 32.3 Å². The van der Waals surface area contributed by atoms with Crippen LogP contribution in [0.1, 0.15) is 36.9 Å². The molecule has 1 saturated heterocycles. The Kier molecular flexibility index (Phi) is 4.88. The van der Waals surface area contributed by atoms with Crippen molar-refractivity contribution in [2.45, 2.75) is 32.0 Å². The maximum atomic E-state index is 12.8. The number of likely N-dealkylation sites (N-methyl/N-ethyl adjacent to an activating group) is 1. The number of halogens is 3. The van der Waals surface area contributed by atoms with E-state index in [1.165, 1.54) is 6.07 Å². The summed E-state index contributed by atoms with van der Waals surface area (Å²) < 4.78 is 38.4. The van der Waals surface area contributed by atoms with Crippen LogP contribution in [0, 0.1) is 0 Å². The summed E-state index contributed by atoms with van der Waals surface area (Å²) in [6.45, 7) is 3.61. The summed E-state index contributed by atoms with van der Waals surface area (Å²) in [6.07, 6.45) is -3.00. The van der Waals surface area contributed by atoms with Crippen LogP contribution in [0.3, 0.4) is 0 Å². The van der Waals surface area contributed by atoms with E-state index in [4.69, 9.17) is 0 Å². The molecule has 1 atom stereocenters. The molecule has 0 bridgehead atoms. The van der Waals surface area contributed by atoms with Crippen LogP contribution in [0.4, 0.5) is 13.2 Å². The Bertz CT molecular complexity index is 502. The lowest BCUT2D eigenvalue weighted by atomic mass is 10.0. The number of likely N-dealkylation sites (tertiary alicyclic amines) is 1. The smallest absolute Gasteiger partial charge is 0.341 e. The van der Waals surface area contributed by atoms with Crippen LogP contribution in [0.2, 0.25) is 0 Å². The fraction of sp³-hybridized carbons (Fsp3) is 0.533. The van der Waals surface area contributed by atoms with Gasteiger partial charge in [0.15, 0.2) is 0 Å². The normalized spacial score (nSPS) is 17.3. The van der Waals surface area contributed by atoms with Gasteiger partial charge in [0.05, 0.1) is 5.56 Å². The summed E-state index contributed by atoms with van der Waals surface area (Å²) in [5, 5.41) is 3.16. The molecule has 1 aliphatic heterocycles. The molecule has 2 rings (SSSR count). The largest absolute Gasteiger partial charge is 0.416 e. The first kappa shape index (κ1) is 15.8. The number of benzene rings is 1. The van der Waals surface area contributed by atoms with Crippen molar-refractivity contribution in [2.75, 3.05) is 19.6 Å². The highest BCUT2D eigenvalue weighted by Crippen LogP contribution is 2.31. The van der Waals surface area contributed by atoms with Gasteiger partial charge in [0.2, 0.25) is 5.91 Å². The number of hydrogen-bond donors (Lipinski definition) is 1. The van der Waals surface area contributed by atoms with Gasteiger partial charge in [0.25, 0.3) is 0 Å². The van der Waals surface area contributed by atoms with E-state index in [1.54, 1.807) is 11.0 Å². The summed E-state index contributed by atoms with van der Waals surface area (Å²) >= 11 is 0. The van der Waals surface area contributed by atoms with Crippen molar-refractivity contribution < 1.29 is 18.0 Å². The minimum absolute atomic E-state index is 0.0740. The number of amides is 1. The second kappa shape index (κ2) is 6.47. The Morgan fingerprint density at radius 3 is 2.71 bits per heavy atom. The maximum Gasteiger partial charge on any atom is 0.416 e. The predicted octanol–water partition coefficient (Wildman–Crippen LogP) is 2.98. The van der Waals surface area contributed by atoms with Crippen molar-refractivity contribution in [2.24, 2.45) is 0 Å². The van der Waals surface area contributed by atoms with Crippen LogP contribution in [0.25, 0.3) is 0 Å². The second-order valence-corrected chi connectivity index (χ2v) is 5.18. The third-order valence-corrected chi connectivity index (χ3v) is 3.64. The zero-order valence-electron chi connectivity index (χ0n) is 11.9. The summed E-state index contributed by atoms with van der Waals surface area (Å²) in [6, 6.07) is 5.03. The molecule has 0 aromatic heterocycles. The van der Waals surface area contributed by atoms with Gasteiger partial charge < -0.3 is 10.2 Å². The van der Waals surface area contributed by atoms with Crippen molar-refractivity contribution in [1.82, 2.24) is 10.2 Å². The minimum atomic E-state index is -4.35. The molecule has 1 amide bonds. The molecule has 0 saturated carbocycles. The second-order valence-electron chi connectivity index (χ2n) is 5.18. The Labute approximate surface area is 122 Å². The lowest BCUT2D eigenvalue weighted by Gasteiger charge is -2.25. The van der Waals surface area contributed by atoms with Crippen LogP contribution >= 0.6 is 0 Å². The third kappa shape index (κ3) is 3.97. The minimum Gasteiger partial charge on any atom is -0.341 e. The van der Waals surface area contributed by atoms with E-state index in [0.29, 0.717) is 31.6 Å². The van der Waals surface area contributed by atoms with Gasteiger partial charge in [-0.05, 0) is 30.7 Å². The summed E-state index contributed by atoms with van der Waals surface area (Å²) in [4.78, 5) is 13.4. The maximum absolute atomic E-state index is 12.8. The van der Waals surface area contributed by atoms with E-state index in [0.717, 1.165) is 18.6 Å². The van der Waals surface area contributed by atoms with E-state index < -0.39 is 11.7 Å². The molecule has 1 unspecified atom stereocenters. The van der Waals surface area contributed by atoms with Crippen molar-refractivity contribution >= 4 is 5.91 Å². The van der Waals surface area contributed by atoms with Gasteiger partial charge in [-0.25, -0.2) is 0 Å². The van der Waals surface area contributed by atoms with Gasteiger partial charge in [-0.3, -0.25) is 4.79 Å². The molecule has 1 fully saturated rings. The summed E-state index contributed by atoms with van der Waals surface area (Å²) in [5.74, 6) is 0.0740. The molecule has 1 aliphatic rings. The fourth-order valence-electron chi connectivity index (χ4n) is 2.58. The third-order valence-electron chi connectivity index (χ3n) is 3.64. The van der Waals surface area contributed by atoms with Gasteiger partial charge in [-0.2, -0.15) is 13.2 Å². The highest BCUT2D eigenvalue weighted by atomic mass is 19.4. The summed E-state index contributed by atoms with van der Waals surface area (Å²) in [7, 11) is 0. The molecular weight excluding hydrogens is 281 g/mol. The fourth-order valence-corrected chi connectivity index (χ4v) is 2.58. The molecule has 0 spiro atoms. The molecule has 21 heavy (non-hydrogen) atoms. The summed E-state index contributed by atoms with van der Waals surface area (Å²) in [5.41, 5.74) is -0.0953. The predicted molar refractivity (Wildman–Crippen MR) is 73.7 cm³/mol. The molecule has 6 heteroatoms. The molecule has 1 aromatic rings. The highest BCUT2D eigenvalue weighted by molar-refractivity contribution is 5.78. The zero-order valence-corrected chi connectivity index (χ0v) is 11.9. The lowest BCUT2D eigenvalue weighted by molar-refractivity contribution is -0.137. The quantitative estimate of drug-likeness (QED) is 0.906. The average Bonchev–Trinajstić information content (AvgIpc) is 2.83. The monoisotopic (exact) mass is 300 g/mol. The number of rotatable bonds is 5. The number of nitrogens with zero attached hydrogens (tertiary/aromatic N) is 1. The van der Waals surface area contributed by atoms with Crippen LogP contribution in [0.5, 0.6) is 0 Å². The Balaban J connectivity index is 2.19. The van der Waals surface area contributed by atoms with E-state index in [2.05, 4.69) is 5.32 Å². The van der Waals surface area contributed by atoms with Crippen LogP contribution < -0.4 is 5.32 Å². The Morgan fingerprint density at radius 1 is 1.38 bits per heavy atom. The number of nitrogens with one attached hydrogen (secondary N) is 1. The van der Waals surface area contributed by atoms with Gasteiger partial charge >= 0.3 is 6.18 Å². The van der Waals surface area contributed by atoms with E-state index >= 15 is 0 Å². The lowest BCUT2D eigenvalue weighted by Crippen LogP contribution is -2.36. The first-order valence-electron chi connectivity index (χ1n) is 7.10. The Morgan fingerprint density at radius 2 is 2.14 bits per heavy atom. The van der Waals surface area contributed by atoms with E-state index in [-0.39, 0.29) is 11.9 Å². The number of carbonyl (C=O) groups is 1. The highest BCUT2D eigenvalue weighted by Gasteiger charge is 2.31. The van der Waals surface area contributed by atoms with Crippen molar-refractivity contribution in [3.05, 3.63) is 35.4 Å². The van der Waals surface area contributed by atoms with Gasteiger partial charge in [-0.1, -0.05) is 19.1 Å². The number of alkyl halides is 3. The van der Waals surface area contributed by atoms with Crippen molar-refractivity contribution in [3.63, 3.8) is 0 Å². The molecule has 1 heterocycles. The molecule has 1 N–H and O–H groups in total. The molecule has 116 valence electrons. The number of carbonyl (C=O) groups excluding carboxylic acids is 1. The molecule has 3 nitrogen and oxygen atoms in total. The van der Waals surface area contributed by atoms with Crippen LogP contribution in [-0.2, 0) is 11.0 Å². The van der Waals surface area contributed by atoms with Gasteiger partial charge in [0.1, 0.15) is 0 Å². The van der Waals surface area contributed by atoms with Gasteiger partial charge in [-0.15, -0.1) is 0 Å². The SMILES string of the molecule is CCNC(CN1CCCC1=O)c1cccc(C(F)(F)F)c1. The van der Waals surface area contributed by atoms with Crippen molar-refractivity contribution in [1.29, 1.82) is 0 Å². The molecular formula is C15H19F3N2O. The zero-order chi connectivity index (χ0) is 15.5. The number of hydrogen-bond acceptors (Lipinski definition) is 2. The van der Waals surface area contributed by atoms with Gasteiger partial charge in [0, 0.05) is 25.6 Å². The molecule has 0 aliphatic carbocycles. The first-order chi connectivity index (χ1) is 9.91.